The minimum absolute atomic E-state index is 0.0502. The van der Waals surface area contributed by atoms with E-state index in [1.807, 2.05) is 18.2 Å². The van der Waals surface area contributed by atoms with Crippen LogP contribution in [0.5, 0.6) is 0 Å². The molecule has 0 radical (unpaired) electrons. The first-order valence-corrected chi connectivity index (χ1v) is 6.91. The van der Waals surface area contributed by atoms with Gasteiger partial charge in [-0.1, -0.05) is 6.07 Å². The largest absolute Gasteiger partial charge is 0.467 e. The second-order valence-electron chi connectivity index (χ2n) is 4.88. The normalized spacial score (nSPS) is 21.1. The number of urea groups is 1. The average molecular weight is 287 g/mol. The molecule has 0 unspecified atom stereocenters. The van der Waals surface area contributed by atoms with Gasteiger partial charge in [0.1, 0.15) is 11.9 Å². The molecule has 2 aromatic rings. The molecule has 1 saturated heterocycles. The van der Waals surface area contributed by atoms with E-state index in [2.05, 4.69) is 15.6 Å². The molecule has 1 fully saturated rings. The summed E-state index contributed by atoms with van der Waals surface area (Å²) in [5, 5.41) is 5.71. The van der Waals surface area contributed by atoms with E-state index >= 15 is 0 Å². The lowest BCUT2D eigenvalue weighted by atomic mass is 10.0. The Kier molecular flexibility index (Phi) is 4.16. The first kappa shape index (κ1) is 13.6. The van der Waals surface area contributed by atoms with E-state index in [1.165, 1.54) is 0 Å². The van der Waals surface area contributed by atoms with Gasteiger partial charge < -0.3 is 19.8 Å². The second kappa shape index (κ2) is 6.41. The van der Waals surface area contributed by atoms with Gasteiger partial charge in [0.2, 0.25) is 0 Å². The topological polar surface area (TPSA) is 76.4 Å². The van der Waals surface area contributed by atoms with Crippen molar-refractivity contribution in [3.63, 3.8) is 0 Å². The Balaban J connectivity index is 1.55. The number of rotatable bonds is 4. The Morgan fingerprint density at radius 1 is 1.38 bits per heavy atom. The summed E-state index contributed by atoms with van der Waals surface area (Å²) in [6.45, 7) is 0.993. The minimum atomic E-state index is -0.226. The highest BCUT2D eigenvalue weighted by atomic mass is 16.5. The van der Waals surface area contributed by atoms with Gasteiger partial charge in [-0.2, -0.15) is 0 Å². The lowest BCUT2D eigenvalue weighted by Gasteiger charge is -2.20. The summed E-state index contributed by atoms with van der Waals surface area (Å²) >= 11 is 0. The van der Waals surface area contributed by atoms with Crippen molar-refractivity contribution in [1.29, 1.82) is 0 Å². The van der Waals surface area contributed by atoms with E-state index in [0.717, 1.165) is 17.7 Å². The van der Waals surface area contributed by atoms with Gasteiger partial charge in [-0.25, -0.2) is 4.79 Å². The molecule has 0 bridgehead atoms. The molecule has 0 spiro atoms. The Morgan fingerprint density at radius 2 is 2.33 bits per heavy atom. The molecule has 6 heteroatoms. The maximum atomic E-state index is 11.9. The van der Waals surface area contributed by atoms with Crippen LogP contribution in [0.1, 0.15) is 23.8 Å². The third-order valence-corrected chi connectivity index (χ3v) is 3.42. The molecule has 3 rings (SSSR count). The van der Waals surface area contributed by atoms with Crippen molar-refractivity contribution in [2.75, 3.05) is 6.61 Å². The Labute approximate surface area is 122 Å². The van der Waals surface area contributed by atoms with Crippen molar-refractivity contribution in [1.82, 2.24) is 15.6 Å². The van der Waals surface area contributed by atoms with Crippen LogP contribution in [0.3, 0.4) is 0 Å². The zero-order chi connectivity index (χ0) is 14.5. The number of furan rings is 1. The molecule has 110 valence electrons. The highest BCUT2D eigenvalue weighted by molar-refractivity contribution is 5.74. The summed E-state index contributed by atoms with van der Waals surface area (Å²) in [7, 11) is 0. The van der Waals surface area contributed by atoms with Gasteiger partial charge in [-0.15, -0.1) is 0 Å². The van der Waals surface area contributed by atoms with Crippen molar-refractivity contribution in [3.8, 4) is 0 Å². The summed E-state index contributed by atoms with van der Waals surface area (Å²) in [5.41, 5.74) is 0.978. The SMILES string of the molecule is O=C(NCc1ccco1)N[C@H]1CCO[C@@H]1c1cccnc1. The van der Waals surface area contributed by atoms with Gasteiger partial charge in [0.15, 0.2) is 0 Å². The molecule has 2 N–H and O–H groups in total. The van der Waals surface area contributed by atoms with Gasteiger partial charge >= 0.3 is 6.03 Å². The highest BCUT2D eigenvalue weighted by Gasteiger charge is 2.30. The molecule has 2 aromatic heterocycles. The van der Waals surface area contributed by atoms with Crippen LogP contribution in [0.4, 0.5) is 4.79 Å². The van der Waals surface area contributed by atoms with Gasteiger partial charge in [-0.05, 0) is 24.6 Å². The zero-order valence-corrected chi connectivity index (χ0v) is 11.5. The number of ether oxygens (including phenoxy) is 1. The van der Waals surface area contributed by atoms with E-state index in [4.69, 9.17) is 9.15 Å². The summed E-state index contributed by atoms with van der Waals surface area (Å²) < 4.78 is 10.9. The lowest BCUT2D eigenvalue weighted by Crippen LogP contribution is -2.43. The number of carbonyl (C=O) groups excluding carboxylic acids is 1. The third-order valence-electron chi connectivity index (χ3n) is 3.42. The quantitative estimate of drug-likeness (QED) is 0.901. The van der Waals surface area contributed by atoms with Crippen molar-refractivity contribution < 1.29 is 13.9 Å². The molecule has 21 heavy (non-hydrogen) atoms. The summed E-state index contributed by atoms with van der Waals surface area (Å²) in [5.74, 6) is 0.719. The van der Waals surface area contributed by atoms with Crippen molar-refractivity contribution in [2.45, 2.75) is 25.1 Å². The molecular formula is C15H17N3O3. The molecule has 0 aliphatic carbocycles. The van der Waals surface area contributed by atoms with E-state index in [9.17, 15) is 4.79 Å². The second-order valence-corrected chi connectivity index (χ2v) is 4.88. The lowest BCUT2D eigenvalue weighted by molar-refractivity contribution is 0.0996. The van der Waals surface area contributed by atoms with E-state index < -0.39 is 0 Å². The predicted octanol–water partition coefficient (Wildman–Crippen LogP) is 2.00. The first-order valence-electron chi connectivity index (χ1n) is 6.91. The highest BCUT2D eigenvalue weighted by Crippen LogP contribution is 2.28. The maximum absolute atomic E-state index is 11.9. The number of aromatic nitrogens is 1. The molecule has 0 saturated carbocycles. The molecule has 3 heterocycles. The van der Waals surface area contributed by atoms with E-state index in [-0.39, 0.29) is 18.2 Å². The molecule has 6 nitrogen and oxygen atoms in total. The number of nitrogens with zero attached hydrogens (tertiary/aromatic N) is 1. The third kappa shape index (κ3) is 3.41. The summed E-state index contributed by atoms with van der Waals surface area (Å²) in [4.78, 5) is 16.0. The summed E-state index contributed by atoms with van der Waals surface area (Å²) in [6.07, 6.45) is 5.71. The van der Waals surface area contributed by atoms with Crippen LogP contribution in [-0.4, -0.2) is 23.7 Å². The molecule has 2 amide bonds. The van der Waals surface area contributed by atoms with Crippen LogP contribution in [0.2, 0.25) is 0 Å². The van der Waals surface area contributed by atoms with Gasteiger partial charge in [0, 0.05) is 24.6 Å². The molecule has 1 aliphatic rings. The molecule has 1 aliphatic heterocycles. The zero-order valence-electron chi connectivity index (χ0n) is 11.5. The van der Waals surface area contributed by atoms with Crippen LogP contribution >= 0.6 is 0 Å². The first-order chi connectivity index (χ1) is 10.3. The van der Waals surface area contributed by atoms with E-state index in [0.29, 0.717) is 13.2 Å². The molecule has 2 atom stereocenters. The minimum Gasteiger partial charge on any atom is -0.467 e. The van der Waals surface area contributed by atoms with Crippen molar-refractivity contribution in [3.05, 3.63) is 54.2 Å². The number of amides is 2. The fraction of sp³-hybridized carbons (Fsp3) is 0.333. The van der Waals surface area contributed by atoms with Crippen molar-refractivity contribution >= 4 is 6.03 Å². The van der Waals surface area contributed by atoms with Crippen LogP contribution in [-0.2, 0) is 11.3 Å². The number of nitrogens with one attached hydrogen (secondary N) is 2. The number of hydrogen-bond donors (Lipinski definition) is 2. The predicted molar refractivity (Wildman–Crippen MR) is 75.4 cm³/mol. The monoisotopic (exact) mass is 287 g/mol. The molecular weight excluding hydrogens is 270 g/mol. The van der Waals surface area contributed by atoms with Crippen molar-refractivity contribution in [2.24, 2.45) is 0 Å². The van der Waals surface area contributed by atoms with E-state index in [1.54, 1.807) is 24.7 Å². The number of hydrogen-bond acceptors (Lipinski definition) is 4. The Morgan fingerprint density at radius 3 is 3.10 bits per heavy atom. The smallest absolute Gasteiger partial charge is 0.315 e. The van der Waals surface area contributed by atoms with Crippen LogP contribution in [0, 0.1) is 0 Å². The standard InChI is InChI=1S/C15H17N3O3/c19-15(17-10-12-4-2-7-20-12)18-13-5-8-21-14(13)11-3-1-6-16-9-11/h1-4,6-7,9,13-14H,5,8,10H2,(H2,17,18,19)/t13-,14+/m0/s1. The number of pyridine rings is 1. The number of carbonyl (C=O) groups is 1. The van der Waals surface area contributed by atoms with Gasteiger partial charge in [-0.3, -0.25) is 4.98 Å². The summed E-state index contributed by atoms with van der Waals surface area (Å²) in [6, 6.07) is 7.15. The molecule has 0 aromatic carbocycles. The van der Waals surface area contributed by atoms with Gasteiger partial charge in [0.25, 0.3) is 0 Å². The Bertz CT molecular complexity index is 571. The average Bonchev–Trinajstić information content (AvgIpc) is 3.17. The fourth-order valence-corrected chi connectivity index (χ4v) is 2.41. The van der Waals surface area contributed by atoms with Gasteiger partial charge in [0.05, 0.1) is 18.8 Å². The van der Waals surface area contributed by atoms with Crippen LogP contribution in [0.15, 0.2) is 47.3 Å². The van der Waals surface area contributed by atoms with Crippen LogP contribution in [0.25, 0.3) is 0 Å². The van der Waals surface area contributed by atoms with Crippen LogP contribution < -0.4 is 10.6 Å². The Hall–Kier alpha value is -2.34. The fourth-order valence-electron chi connectivity index (χ4n) is 2.41. The maximum Gasteiger partial charge on any atom is 0.315 e.